The SMILES string of the molecule is C[C@H]1CN(C(=O)/C=C/c2ccccc2)CCN1. The Morgan fingerprint density at radius 3 is 2.88 bits per heavy atom. The van der Waals surface area contributed by atoms with Crippen LogP contribution in [0.2, 0.25) is 0 Å². The van der Waals surface area contributed by atoms with Crippen LogP contribution in [0.5, 0.6) is 0 Å². The molecule has 1 N–H and O–H groups in total. The molecular weight excluding hydrogens is 212 g/mol. The number of hydrogen-bond donors (Lipinski definition) is 1. The molecule has 1 atom stereocenters. The van der Waals surface area contributed by atoms with E-state index in [1.807, 2.05) is 41.3 Å². The van der Waals surface area contributed by atoms with E-state index in [9.17, 15) is 4.79 Å². The van der Waals surface area contributed by atoms with Crippen molar-refractivity contribution in [3.63, 3.8) is 0 Å². The van der Waals surface area contributed by atoms with E-state index in [1.54, 1.807) is 6.08 Å². The number of benzene rings is 1. The highest BCUT2D eigenvalue weighted by Gasteiger charge is 2.18. The molecular formula is C14H18N2O. The van der Waals surface area contributed by atoms with Gasteiger partial charge in [-0.3, -0.25) is 4.79 Å². The summed E-state index contributed by atoms with van der Waals surface area (Å²) in [7, 11) is 0. The Bertz CT molecular complexity index is 400. The molecule has 0 radical (unpaired) electrons. The van der Waals surface area contributed by atoms with Gasteiger partial charge in [-0.15, -0.1) is 0 Å². The molecule has 0 aromatic heterocycles. The summed E-state index contributed by atoms with van der Waals surface area (Å²) in [6, 6.07) is 10.3. The minimum absolute atomic E-state index is 0.0993. The average Bonchev–Trinajstić information content (AvgIpc) is 2.37. The summed E-state index contributed by atoms with van der Waals surface area (Å²) >= 11 is 0. The van der Waals surface area contributed by atoms with Crippen molar-refractivity contribution >= 4 is 12.0 Å². The van der Waals surface area contributed by atoms with Crippen LogP contribution in [0.1, 0.15) is 12.5 Å². The molecule has 1 aromatic rings. The number of nitrogens with zero attached hydrogens (tertiary/aromatic N) is 1. The Kier molecular flexibility index (Phi) is 3.94. The van der Waals surface area contributed by atoms with Gasteiger partial charge in [-0.2, -0.15) is 0 Å². The van der Waals surface area contributed by atoms with Gasteiger partial charge in [0.25, 0.3) is 0 Å². The number of rotatable bonds is 2. The second-order valence-electron chi connectivity index (χ2n) is 4.38. The first-order valence-electron chi connectivity index (χ1n) is 6.01. The molecule has 0 unspecified atom stereocenters. The molecule has 1 fully saturated rings. The van der Waals surface area contributed by atoms with Gasteiger partial charge in [0.15, 0.2) is 0 Å². The van der Waals surface area contributed by atoms with Gasteiger partial charge in [0.2, 0.25) is 5.91 Å². The normalized spacial score (nSPS) is 20.8. The first kappa shape index (κ1) is 11.9. The average molecular weight is 230 g/mol. The van der Waals surface area contributed by atoms with Crippen LogP contribution in [-0.4, -0.2) is 36.5 Å². The standard InChI is InChI=1S/C14H18N2O/c1-12-11-16(10-9-15-12)14(17)8-7-13-5-3-2-4-6-13/h2-8,12,15H,9-11H2,1H3/b8-7+/t12-/m0/s1. The number of carbonyl (C=O) groups excluding carboxylic acids is 1. The third-order valence-corrected chi connectivity index (χ3v) is 2.90. The molecule has 1 saturated heterocycles. The number of hydrogen-bond acceptors (Lipinski definition) is 2. The molecule has 2 rings (SSSR count). The summed E-state index contributed by atoms with van der Waals surface area (Å²) in [5.74, 6) is 0.0993. The maximum atomic E-state index is 11.9. The van der Waals surface area contributed by atoms with E-state index in [0.717, 1.165) is 25.2 Å². The molecule has 1 aromatic carbocycles. The molecule has 0 bridgehead atoms. The monoisotopic (exact) mass is 230 g/mol. The molecule has 0 aliphatic carbocycles. The number of amides is 1. The minimum atomic E-state index is 0.0993. The fourth-order valence-electron chi connectivity index (χ4n) is 1.97. The van der Waals surface area contributed by atoms with Crippen LogP contribution in [0.25, 0.3) is 6.08 Å². The largest absolute Gasteiger partial charge is 0.336 e. The molecule has 1 amide bonds. The molecule has 3 heteroatoms. The van der Waals surface area contributed by atoms with Crippen LogP contribution in [0.4, 0.5) is 0 Å². The lowest BCUT2D eigenvalue weighted by Gasteiger charge is -2.31. The van der Waals surface area contributed by atoms with Crippen molar-refractivity contribution in [1.82, 2.24) is 10.2 Å². The Morgan fingerprint density at radius 2 is 2.18 bits per heavy atom. The molecule has 1 heterocycles. The highest BCUT2D eigenvalue weighted by molar-refractivity contribution is 5.91. The van der Waals surface area contributed by atoms with Gasteiger partial charge in [-0.25, -0.2) is 0 Å². The quantitative estimate of drug-likeness (QED) is 0.781. The Balaban J connectivity index is 1.94. The van der Waals surface area contributed by atoms with Gasteiger partial charge >= 0.3 is 0 Å². The molecule has 3 nitrogen and oxygen atoms in total. The van der Waals surface area contributed by atoms with Crippen molar-refractivity contribution in [3.8, 4) is 0 Å². The van der Waals surface area contributed by atoms with Gasteiger partial charge in [-0.1, -0.05) is 30.3 Å². The molecule has 0 spiro atoms. The van der Waals surface area contributed by atoms with Crippen LogP contribution in [0, 0.1) is 0 Å². The van der Waals surface area contributed by atoms with Gasteiger partial charge in [0, 0.05) is 31.8 Å². The summed E-state index contributed by atoms with van der Waals surface area (Å²) < 4.78 is 0. The lowest BCUT2D eigenvalue weighted by molar-refractivity contribution is -0.127. The van der Waals surface area contributed by atoms with E-state index in [2.05, 4.69) is 12.2 Å². The van der Waals surface area contributed by atoms with E-state index < -0.39 is 0 Å². The van der Waals surface area contributed by atoms with Crippen LogP contribution in [0.3, 0.4) is 0 Å². The Morgan fingerprint density at radius 1 is 1.41 bits per heavy atom. The van der Waals surface area contributed by atoms with Crippen molar-refractivity contribution < 1.29 is 4.79 Å². The maximum absolute atomic E-state index is 11.9. The van der Waals surface area contributed by atoms with Crippen molar-refractivity contribution in [2.24, 2.45) is 0 Å². The highest BCUT2D eigenvalue weighted by atomic mass is 16.2. The molecule has 1 aliphatic rings. The van der Waals surface area contributed by atoms with Gasteiger partial charge in [0.05, 0.1) is 0 Å². The van der Waals surface area contributed by atoms with E-state index in [0.29, 0.717) is 6.04 Å². The predicted molar refractivity (Wildman–Crippen MR) is 69.5 cm³/mol. The van der Waals surface area contributed by atoms with E-state index in [-0.39, 0.29) is 5.91 Å². The lowest BCUT2D eigenvalue weighted by atomic mass is 10.2. The number of carbonyl (C=O) groups is 1. The van der Waals surface area contributed by atoms with Crippen LogP contribution < -0.4 is 5.32 Å². The molecule has 90 valence electrons. The Labute approximate surface area is 102 Å². The Hall–Kier alpha value is -1.61. The first-order chi connectivity index (χ1) is 8.25. The fraction of sp³-hybridized carbons (Fsp3) is 0.357. The zero-order valence-electron chi connectivity index (χ0n) is 10.1. The minimum Gasteiger partial charge on any atom is -0.336 e. The van der Waals surface area contributed by atoms with Crippen molar-refractivity contribution in [2.75, 3.05) is 19.6 Å². The van der Waals surface area contributed by atoms with Gasteiger partial charge < -0.3 is 10.2 Å². The van der Waals surface area contributed by atoms with Crippen molar-refractivity contribution in [1.29, 1.82) is 0 Å². The lowest BCUT2D eigenvalue weighted by Crippen LogP contribution is -2.50. The van der Waals surface area contributed by atoms with Crippen LogP contribution >= 0.6 is 0 Å². The molecule has 1 aliphatic heterocycles. The topological polar surface area (TPSA) is 32.3 Å². The van der Waals surface area contributed by atoms with Gasteiger partial charge in [0.1, 0.15) is 0 Å². The molecule has 0 saturated carbocycles. The zero-order chi connectivity index (χ0) is 12.1. The van der Waals surface area contributed by atoms with Crippen LogP contribution in [-0.2, 0) is 4.79 Å². The molecule has 17 heavy (non-hydrogen) atoms. The van der Waals surface area contributed by atoms with E-state index in [1.165, 1.54) is 0 Å². The second kappa shape index (κ2) is 5.64. The van der Waals surface area contributed by atoms with Gasteiger partial charge in [-0.05, 0) is 18.6 Å². The third-order valence-electron chi connectivity index (χ3n) is 2.90. The zero-order valence-corrected chi connectivity index (χ0v) is 10.1. The summed E-state index contributed by atoms with van der Waals surface area (Å²) in [6.07, 6.45) is 3.53. The number of nitrogens with one attached hydrogen (secondary N) is 1. The fourth-order valence-corrected chi connectivity index (χ4v) is 1.97. The summed E-state index contributed by atoms with van der Waals surface area (Å²) in [6.45, 7) is 4.56. The number of piperazine rings is 1. The first-order valence-corrected chi connectivity index (χ1v) is 6.01. The van der Waals surface area contributed by atoms with Crippen molar-refractivity contribution in [2.45, 2.75) is 13.0 Å². The van der Waals surface area contributed by atoms with E-state index >= 15 is 0 Å². The van der Waals surface area contributed by atoms with Crippen molar-refractivity contribution in [3.05, 3.63) is 42.0 Å². The maximum Gasteiger partial charge on any atom is 0.246 e. The summed E-state index contributed by atoms with van der Waals surface area (Å²) in [5, 5.41) is 3.32. The van der Waals surface area contributed by atoms with E-state index in [4.69, 9.17) is 0 Å². The highest BCUT2D eigenvalue weighted by Crippen LogP contribution is 2.04. The summed E-state index contributed by atoms with van der Waals surface area (Å²) in [4.78, 5) is 13.8. The second-order valence-corrected chi connectivity index (χ2v) is 4.38. The summed E-state index contributed by atoms with van der Waals surface area (Å²) in [5.41, 5.74) is 1.06. The van der Waals surface area contributed by atoms with Crippen LogP contribution in [0.15, 0.2) is 36.4 Å². The third kappa shape index (κ3) is 3.43. The predicted octanol–water partition coefficient (Wildman–Crippen LogP) is 1.52. The smallest absolute Gasteiger partial charge is 0.246 e.